The molecule has 0 radical (unpaired) electrons. The standard InChI is InChI=1S/C5H6N4O2S/c10-4(11)2-1-3(2)6-5-7-8-9-12-5/h2-3H,1H2,(H,10,11)(H,6,7,9). The van der Waals surface area contributed by atoms with Gasteiger partial charge in [0.2, 0.25) is 5.13 Å². The first kappa shape index (κ1) is 7.41. The molecule has 2 unspecified atom stereocenters. The first-order valence-electron chi connectivity index (χ1n) is 3.42. The van der Waals surface area contributed by atoms with Crippen molar-refractivity contribution in [2.24, 2.45) is 5.92 Å². The summed E-state index contributed by atoms with van der Waals surface area (Å²) in [5.41, 5.74) is 0. The van der Waals surface area contributed by atoms with Gasteiger partial charge in [-0.2, -0.15) is 0 Å². The van der Waals surface area contributed by atoms with Crippen LogP contribution in [0.5, 0.6) is 0 Å². The van der Waals surface area contributed by atoms with E-state index in [0.717, 1.165) is 11.5 Å². The maximum atomic E-state index is 10.4. The van der Waals surface area contributed by atoms with Crippen LogP contribution in [0, 0.1) is 5.92 Å². The fourth-order valence-corrected chi connectivity index (χ4v) is 1.40. The minimum Gasteiger partial charge on any atom is -0.481 e. The van der Waals surface area contributed by atoms with Crippen LogP contribution in [0.15, 0.2) is 0 Å². The van der Waals surface area contributed by atoms with Gasteiger partial charge in [-0.3, -0.25) is 4.79 Å². The second kappa shape index (κ2) is 2.67. The van der Waals surface area contributed by atoms with Crippen molar-refractivity contribution in [2.45, 2.75) is 12.5 Å². The molecule has 64 valence electrons. The molecule has 7 heteroatoms. The van der Waals surface area contributed by atoms with Crippen LogP contribution in [0.4, 0.5) is 5.13 Å². The Morgan fingerprint density at radius 1 is 1.75 bits per heavy atom. The van der Waals surface area contributed by atoms with Gasteiger partial charge in [-0.05, 0) is 11.6 Å². The van der Waals surface area contributed by atoms with Crippen LogP contribution in [-0.2, 0) is 4.79 Å². The Morgan fingerprint density at radius 2 is 2.58 bits per heavy atom. The number of hydrogen-bond donors (Lipinski definition) is 2. The normalized spacial score (nSPS) is 26.7. The van der Waals surface area contributed by atoms with E-state index in [0.29, 0.717) is 11.6 Å². The number of nitrogens with zero attached hydrogens (tertiary/aromatic N) is 3. The third-order valence-corrected chi connectivity index (χ3v) is 2.24. The van der Waals surface area contributed by atoms with Crippen molar-refractivity contribution in [3.05, 3.63) is 0 Å². The summed E-state index contributed by atoms with van der Waals surface area (Å²) in [6, 6.07) is 0.0113. The van der Waals surface area contributed by atoms with Crippen molar-refractivity contribution in [2.75, 3.05) is 5.32 Å². The van der Waals surface area contributed by atoms with Gasteiger partial charge < -0.3 is 10.4 Å². The van der Waals surface area contributed by atoms with Gasteiger partial charge in [-0.15, -0.1) is 0 Å². The number of aliphatic carboxylic acids is 1. The van der Waals surface area contributed by atoms with E-state index in [-0.39, 0.29) is 12.0 Å². The van der Waals surface area contributed by atoms with Gasteiger partial charge in [-0.25, -0.2) is 0 Å². The van der Waals surface area contributed by atoms with Gasteiger partial charge in [0.15, 0.2) is 0 Å². The largest absolute Gasteiger partial charge is 0.481 e. The molecule has 2 atom stereocenters. The summed E-state index contributed by atoms with van der Waals surface area (Å²) in [6.07, 6.45) is 0.662. The molecule has 12 heavy (non-hydrogen) atoms. The zero-order chi connectivity index (χ0) is 8.55. The van der Waals surface area contributed by atoms with E-state index < -0.39 is 5.97 Å². The minimum absolute atomic E-state index is 0.0113. The molecular formula is C5H6N4O2S. The van der Waals surface area contributed by atoms with Gasteiger partial charge in [-0.1, -0.05) is 9.59 Å². The Labute approximate surface area is 71.8 Å². The molecule has 1 saturated carbocycles. The van der Waals surface area contributed by atoms with Crippen molar-refractivity contribution in [3.8, 4) is 0 Å². The highest BCUT2D eigenvalue weighted by molar-refractivity contribution is 7.09. The summed E-state index contributed by atoms with van der Waals surface area (Å²) in [5.74, 6) is -1.03. The second-order valence-electron chi connectivity index (χ2n) is 2.60. The number of carboxylic acid groups (broad SMARTS) is 1. The second-order valence-corrected chi connectivity index (χ2v) is 3.33. The number of carboxylic acids is 1. The fraction of sp³-hybridized carbons (Fsp3) is 0.600. The summed E-state index contributed by atoms with van der Waals surface area (Å²) >= 11 is 1.13. The lowest BCUT2D eigenvalue weighted by molar-refractivity contribution is -0.138. The van der Waals surface area contributed by atoms with E-state index >= 15 is 0 Å². The Bertz CT molecular complexity index is 288. The van der Waals surface area contributed by atoms with Crippen LogP contribution in [0.2, 0.25) is 0 Å². The highest BCUT2D eigenvalue weighted by Gasteiger charge is 2.43. The average molecular weight is 186 g/mol. The third kappa shape index (κ3) is 1.35. The number of rotatable bonds is 3. The van der Waals surface area contributed by atoms with E-state index in [1.807, 2.05) is 0 Å². The minimum atomic E-state index is -0.759. The van der Waals surface area contributed by atoms with E-state index in [4.69, 9.17) is 5.11 Å². The van der Waals surface area contributed by atoms with Crippen molar-refractivity contribution >= 4 is 22.6 Å². The number of anilines is 1. The van der Waals surface area contributed by atoms with Crippen LogP contribution in [0.25, 0.3) is 0 Å². The Morgan fingerprint density at radius 3 is 3.08 bits per heavy atom. The van der Waals surface area contributed by atoms with Crippen LogP contribution in [0.3, 0.4) is 0 Å². The fourth-order valence-electron chi connectivity index (χ4n) is 0.975. The molecule has 0 saturated heterocycles. The van der Waals surface area contributed by atoms with Gasteiger partial charge in [0.1, 0.15) is 0 Å². The lowest BCUT2D eigenvalue weighted by Crippen LogP contribution is -2.09. The molecule has 0 spiro atoms. The molecule has 0 amide bonds. The van der Waals surface area contributed by atoms with Crippen molar-refractivity contribution < 1.29 is 9.90 Å². The van der Waals surface area contributed by atoms with Crippen molar-refractivity contribution in [1.82, 2.24) is 14.8 Å². The monoisotopic (exact) mass is 186 g/mol. The average Bonchev–Trinajstić information content (AvgIpc) is 2.57. The summed E-state index contributed by atoms with van der Waals surface area (Å²) in [6.45, 7) is 0. The SMILES string of the molecule is O=C(O)C1CC1Nc1nnns1. The summed E-state index contributed by atoms with van der Waals surface area (Å²) in [4.78, 5) is 10.4. The van der Waals surface area contributed by atoms with Crippen molar-refractivity contribution in [1.29, 1.82) is 0 Å². The highest BCUT2D eigenvalue weighted by Crippen LogP contribution is 2.33. The van der Waals surface area contributed by atoms with Gasteiger partial charge in [0.05, 0.1) is 5.92 Å². The lowest BCUT2D eigenvalue weighted by atomic mass is 10.4. The smallest absolute Gasteiger partial charge is 0.308 e. The predicted octanol–water partition coefficient (Wildman–Crippen LogP) is -0.182. The molecule has 6 nitrogen and oxygen atoms in total. The maximum absolute atomic E-state index is 10.4. The number of aromatic nitrogens is 3. The molecule has 1 aliphatic rings. The van der Waals surface area contributed by atoms with Gasteiger partial charge in [0, 0.05) is 17.6 Å². The maximum Gasteiger partial charge on any atom is 0.308 e. The molecule has 1 aromatic rings. The topological polar surface area (TPSA) is 88.0 Å². The Hall–Kier alpha value is -1.24. The summed E-state index contributed by atoms with van der Waals surface area (Å²) in [7, 11) is 0. The molecule has 0 aliphatic heterocycles. The number of nitrogens with one attached hydrogen (secondary N) is 1. The third-order valence-electron chi connectivity index (χ3n) is 1.72. The van der Waals surface area contributed by atoms with E-state index in [1.165, 1.54) is 0 Å². The zero-order valence-electron chi connectivity index (χ0n) is 5.97. The Kier molecular flexibility index (Phi) is 1.65. The van der Waals surface area contributed by atoms with E-state index in [2.05, 4.69) is 20.1 Å². The van der Waals surface area contributed by atoms with E-state index in [1.54, 1.807) is 0 Å². The summed E-state index contributed by atoms with van der Waals surface area (Å²) < 4.78 is 3.54. The highest BCUT2D eigenvalue weighted by atomic mass is 32.1. The molecule has 1 aromatic heterocycles. The van der Waals surface area contributed by atoms with Gasteiger partial charge >= 0.3 is 5.97 Å². The molecule has 2 rings (SSSR count). The zero-order valence-corrected chi connectivity index (χ0v) is 6.78. The predicted molar refractivity (Wildman–Crippen MR) is 40.9 cm³/mol. The van der Waals surface area contributed by atoms with Crippen LogP contribution in [-0.4, -0.2) is 31.9 Å². The number of carbonyl (C=O) groups is 1. The van der Waals surface area contributed by atoms with Crippen LogP contribution >= 0.6 is 11.5 Å². The Balaban J connectivity index is 1.88. The van der Waals surface area contributed by atoms with Crippen LogP contribution < -0.4 is 5.32 Å². The molecule has 2 N–H and O–H groups in total. The van der Waals surface area contributed by atoms with Gasteiger partial charge in [0.25, 0.3) is 0 Å². The molecule has 1 fully saturated rings. The van der Waals surface area contributed by atoms with Crippen LogP contribution in [0.1, 0.15) is 6.42 Å². The quantitative estimate of drug-likeness (QED) is 0.680. The first-order chi connectivity index (χ1) is 5.77. The molecule has 1 aliphatic carbocycles. The lowest BCUT2D eigenvalue weighted by Gasteiger charge is -1.95. The summed E-state index contributed by atoms with van der Waals surface area (Å²) in [5, 5.41) is 19.1. The molecule has 1 heterocycles. The van der Waals surface area contributed by atoms with E-state index in [9.17, 15) is 4.79 Å². The molecule has 0 aromatic carbocycles. The number of hydrogen-bond acceptors (Lipinski definition) is 6. The molecular weight excluding hydrogens is 180 g/mol. The first-order valence-corrected chi connectivity index (χ1v) is 4.19. The molecule has 0 bridgehead atoms. The van der Waals surface area contributed by atoms with Crippen molar-refractivity contribution in [3.63, 3.8) is 0 Å².